The molecule has 0 aliphatic carbocycles. The third-order valence-electron chi connectivity index (χ3n) is 8.52. The third-order valence-corrected chi connectivity index (χ3v) is 8.52. The van der Waals surface area contributed by atoms with Crippen LogP contribution in [0, 0.1) is 0 Å². The van der Waals surface area contributed by atoms with E-state index in [4.69, 9.17) is 0 Å². The number of hydrogen-bond acceptors (Lipinski definition) is 5. The van der Waals surface area contributed by atoms with Gasteiger partial charge in [0, 0.05) is 56.9 Å². The lowest BCUT2D eigenvalue weighted by Crippen LogP contribution is -2.54. The van der Waals surface area contributed by atoms with Crippen molar-refractivity contribution < 1.29 is 53.8 Å². The molecule has 0 saturated carbocycles. The molecule has 3 aliphatic heterocycles. The Labute approximate surface area is 242 Å². The quantitative estimate of drug-likeness (QED) is 0.412. The van der Waals surface area contributed by atoms with Crippen molar-refractivity contribution in [2.45, 2.75) is 88.2 Å². The van der Waals surface area contributed by atoms with Crippen LogP contribution < -0.4 is 10.2 Å². The van der Waals surface area contributed by atoms with E-state index in [-0.39, 0.29) is 44.4 Å². The zero-order valence-electron chi connectivity index (χ0n) is 23.3. The number of alkyl halides is 9. The van der Waals surface area contributed by atoms with E-state index in [1.165, 1.54) is 13.0 Å². The molecule has 0 radical (unpaired) electrons. The summed E-state index contributed by atoms with van der Waals surface area (Å²) in [4.78, 5) is 28.5. The molecule has 2 amide bonds. The number of carbonyl (C=O) groups excluding carboxylic acids is 2. The first-order chi connectivity index (χ1) is 19.9. The Kier molecular flexibility index (Phi) is 9.39. The molecular weight excluding hydrogens is 599 g/mol. The summed E-state index contributed by atoms with van der Waals surface area (Å²) in [6.07, 6.45) is -19.1. The number of likely N-dealkylation sites (tertiary alicyclic amines) is 2. The minimum atomic E-state index is -5.81. The second kappa shape index (κ2) is 12.2. The molecule has 43 heavy (non-hydrogen) atoms. The number of nitrogens with zero attached hydrogens (tertiary/aromatic N) is 3. The number of nitrogens with one attached hydrogen (secondary N) is 1. The Morgan fingerprint density at radius 3 is 2.07 bits per heavy atom. The fourth-order valence-corrected chi connectivity index (χ4v) is 6.33. The molecule has 0 atom stereocenters. The molecule has 0 unspecified atom stereocenters. The van der Waals surface area contributed by atoms with Crippen molar-refractivity contribution in [1.29, 1.82) is 0 Å². The lowest BCUT2D eigenvalue weighted by atomic mass is 9.84. The number of rotatable bonds is 5. The van der Waals surface area contributed by atoms with Gasteiger partial charge in [-0.25, -0.2) is 4.79 Å². The van der Waals surface area contributed by atoms with Gasteiger partial charge in [-0.2, -0.15) is 39.5 Å². The molecule has 4 rings (SSSR count). The van der Waals surface area contributed by atoms with E-state index in [1.54, 1.807) is 0 Å². The number of piperidine rings is 2. The van der Waals surface area contributed by atoms with Crippen LogP contribution >= 0.6 is 0 Å². The zero-order valence-corrected chi connectivity index (χ0v) is 23.3. The number of carbonyl (C=O) groups is 2. The van der Waals surface area contributed by atoms with Crippen molar-refractivity contribution in [3.05, 3.63) is 29.3 Å². The van der Waals surface area contributed by atoms with Crippen LogP contribution in [0.3, 0.4) is 0 Å². The maximum Gasteiger partial charge on any atom is 0.434 e. The van der Waals surface area contributed by atoms with E-state index in [0.29, 0.717) is 50.1 Å². The lowest BCUT2D eigenvalue weighted by molar-refractivity contribution is -0.308. The first kappa shape index (κ1) is 33.0. The van der Waals surface area contributed by atoms with Gasteiger partial charge in [-0.3, -0.25) is 9.69 Å². The van der Waals surface area contributed by atoms with Crippen LogP contribution in [-0.2, 0) is 22.3 Å². The maximum atomic E-state index is 13.6. The van der Waals surface area contributed by atoms with Gasteiger partial charge in [0.15, 0.2) is 0 Å². The van der Waals surface area contributed by atoms with Gasteiger partial charge in [0.2, 0.25) is 5.91 Å². The molecule has 0 aromatic heterocycles. The molecule has 1 spiro atoms. The highest BCUT2D eigenvalue weighted by atomic mass is 19.4. The molecule has 3 fully saturated rings. The summed E-state index contributed by atoms with van der Waals surface area (Å²) in [5.74, 6) is -0.183. The van der Waals surface area contributed by atoms with Gasteiger partial charge >= 0.3 is 24.6 Å². The van der Waals surface area contributed by atoms with Gasteiger partial charge in [0.05, 0.1) is 5.56 Å². The molecular formula is C27H33F9N4O3. The summed E-state index contributed by atoms with van der Waals surface area (Å²) >= 11 is 0. The Morgan fingerprint density at radius 2 is 1.53 bits per heavy atom. The Hall–Kier alpha value is -2.91. The lowest BCUT2D eigenvalue weighted by Gasteiger charge is -2.45. The largest absolute Gasteiger partial charge is 0.434 e. The van der Waals surface area contributed by atoms with Crippen LogP contribution in [0.4, 0.5) is 50.0 Å². The summed E-state index contributed by atoms with van der Waals surface area (Å²) in [7, 11) is 0. The van der Waals surface area contributed by atoms with Crippen LogP contribution in [0.15, 0.2) is 18.2 Å². The molecule has 7 nitrogen and oxygen atoms in total. The molecule has 3 saturated heterocycles. The van der Waals surface area contributed by atoms with E-state index in [2.05, 4.69) is 15.0 Å². The standard InChI is InChI=1S/C27H33F9N4O3/c1-17(41)37-20-5-11-38(12-6-20)21-15-19(25(28,29)30)4-3-18(21)16-40-10-2-7-24(40)8-13-39(14-9-24)23(42)43-22(26(31,32)33)27(34,35)36/h3-4,15,20,22H,2,5-14,16H2,1H3,(H,37,41). The van der Waals surface area contributed by atoms with Gasteiger partial charge in [-0.05, 0) is 62.8 Å². The van der Waals surface area contributed by atoms with Gasteiger partial charge in [0.25, 0.3) is 6.10 Å². The minimum absolute atomic E-state index is 0.0794. The van der Waals surface area contributed by atoms with Crippen molar-refractivity contribution in [3.63, 3.8) is 0 Å². The van der Waals surface area contributed by atoms with Gasteiger partial charge < -0.3 is 19.9 Å². The molecule has 0 bridgehead atoms. The van der Waals surface area contributed by atoms with Crippen LogP contribution in [0.25, 0.3) is 0 Å². The molecule has 3 heterocycles. The van der Waals surface area contributed by atoms with Crippen LogP contribution in [-0.4, -0.2) is 84.6 Å². The average molecular weight is 633 g/mol. The predicted molar refractivity (Wildman–Crippen MR) is 136 cm³/mol. The monoisotopic (exact) mass is 632 g/mol. The normalized spacial score (nSPS) is 20.6. The SMILES string of the molecule is CC(=O)NC1CCN(c2cc(C(F)(F)F)ccc2CN2CCCC23CCN(C(=O)OC(C(F)(F)F)C(F)(F)F)CC3)CC1. The first-order valence-corrected chi connectivity index (χ1v) is 14.0. The van der Waals surface area contributed by atoms with E-state index in [1.807, 2.05) is 4.90 Å². The Morgan fingerprint density at radius 1 is 0.930 bits per heavy atom. The summed E-state index contributed by atoms with van der Waals surface area (Å²) < 4.78 is 122. The van der Waals surface area contributed by atoms with Crippen molar-refractivity contribution in [1.82, 2.24) is 15.1 Å². The second-order valence-electron chi connectivity index (χ2n) is 11.4. The minimum Gasteiger partial charge on any atom is -0.426 e. The van der Waals surface area contributed by atoms with Crippen LogP contribution in [0.1, 0.15) is 56.6 Å². The summed E-state index contributed by atoms with van der Waals surface area (Å²) in [6, 6.07) is 3.49. The number of anilines is 1. The fourth-order valence-electron chi connectivity index (χ4n) is 6.33. The summed E-state index contributed by atoms with van der Waals surface area (Å²) in [5.41, 5.74) is -0.256. The smallest absolute Gasteiger partial charge is 0.426 e. The highest BCUT2D eigenvalue weighted by molar-refractivity contribution is 5.73. The third kappa shape index (κ3) is 7.79. The predicted octanol–water partition coefficient (Wildman–Crippen LogP) is 5.87. The molecule has 1 aromatic carbocycles. The molecule has 3 aliphatic rings. The number of benzene rings is 1. The topological polar surface area (TPSA) is 65.1 Å². The maximum absolute atomic E-state index is 13.6. The van der Waals surface area contributed by atoms with Crippen molar-refractivity contribution in [2.24, 2.45) is 0 Å². The Balaban J connectivity index is 1.47. The molecule has 1 N–H and O–H groups in total. The number of hydrogen-bond donors (Lipinski definition) is 1. The number of halogens is 9. The number of ether oxygens (including phenoxy) is 1. The molecule has 16 heteroatoms. The summed E-state index contributed by atoms with van der Waals surface area (Å²) in [6.45, 7) is 2.85. The highest BCUT2D eigenvalue weighted by Gasteiger charge is 2.60. The van der Waals surface area contributed by atoms with E-state index < -0.39 is 41.8 Å². The zero-order chi connectivity index (χ0) is 31.8. The van der Waals surface area contributed by atoms with Crippen molar-refractivity contribution in [3.8, 4) is 0 Å². The second-order valence-corrected chi connectivity index (χ2v) is 11.4. The molecule has 242 valence electrons. The summed E-state index contributed by atoms with van der Waals surface area (Å²) in [5, 5.41) is 2.84. The van der Waals surface area contributed by atoms with Crippen molar-refractivity contribution in [2.75, 3.05) is 37.6 Å². The highest BCUT2D eigenvalue weighted by Crippen LogP contribution is 2.42. The van der Waals surface area contributed by atoms with E-state index in [0.717, 1.165) is 23.5 Å². The van der Waals surface area contributed by atoms with E-state index >= 15 is 0 Å². The van der Waals surface area contributed by atoms with Crippen LogP contribution in [0.2, 0.25) is 0 Å². The molecule has 1 aromatic rings. The first-order valence-electron chi connectivity index (χ1n) is 14.0. The van der Waals surface area contributed by atoms with Gasteiger partial charge in [-0.15, -0.1) is 0 Å². The van der Waals surface area contributed by atoms with Crippen LogP contribution in [0.5, 0.6) is 0 Å². The van der Waals surface area contributed by atoms with E-state index in [9.17, 15) is 49.1 Å². The average Bonchev–Trinajstić information content (AvgIpc) is 3.27. The van der Waals surface area contributed by atoms with Gasteiger partial charge in [-0.1, -0.05) is 6.07 Å². The number of amides is 2. The van der Waals surface area contributed by atoms with Crippen molar-refractivity contribution >= 4 is 17.7 Å². The Bertz CT molecular complexity index is 1140. The van der Waals surface area contributed by atoms with Gasteiger partial charge in [0.1, 0.15) is 0 Å². The fraction of sp³-hybridized carbons (Fsp3) is 0.704.